The van der Waals surface area contributed by atoms with E-state index in [1.54, 1.807) is 36.4 Å². The van der Waals surface area contributed by atoms with E-state index >= 15 is 0 Å². The number of halogens is 3. The topological polar surface area (TPSA) is 115 Å². The lowest BCUT2D eigenvalue weighted by atomic mass is 10.1. The highest BCUT2D eigenvalue weighted by atomic mass is 32.2. The molecule has 2 heterocycles. The van der Waals surface area contributed by atoms with Crippen molar-refractivity contribution in [1.29, 1.82) is 0 Å². The minimum absolute atomic E-state index is 0.0849. The molecule has 1 fully saturated rings. The molecule has 4 aromatic rings. The fourth-order valence-corrected chi connectivity index (χ4v) is 5.10. The monoisotopic (exact) mass is 622 g/mol. The van der Waals surface area contributed by atoms with Crippen LogP contribution in [0.25, 0.3) is 6.08 Å². The van der Waals surface area contributed by atoms with Crippen molar-refractivity contribution in [3.05, 3.63) is 118 Å². The molecule has 0 atom stereocenters. The van der Waals surface area contributed by atoms with Crippen LogP contribution in [0.5, 0.6) is 11.5 Å². The molecular formula is C29H17F3N4O5S2. The van der Waals surface area contributed by atoms with Gasteiger partial charge in [-0.3, -0.25) is 25.1 Å². The Morgan fingerprint density at radius 2 is 1.67 bits per heavy atom. The van der Waals surface area contributed by atoms with Crippen LogP contribution >= 0.6 is 24.0 Å². The fourth-order valence-electron chi connectivity index (χ4n) is 3.92. The molecule has 0 unspecified atom stereocenters. The van der Waals surface area contributed by atoms with Crippen molar-refractivity contribution in [1.82, 2.24) is 10.3 Å². The van der Waals surface area contributed by atoms with Gasteiger partial charge in [-0.25, -0.2) is 9.78 Å². The van der Waals surface area contributed by atoms with E-state index in [0.29, 0.717) is 23.4 Å². The third kappa shape index (κ3) is 6.71. The first-order valence-corrected chi connectivity index (χ1v) is 13.5. The summed E-state index contributed by atoms with van der Waals surface area (Å²) >= 11 is 6.28. The number of para-hydroxylation sites is 1. The largest absolute Gasteiger partial charge is 0.457 e. The molecule has 9 nitrogen and oxygen atoms in total. The summed E-state index contributed by atoms with van der Waals surface area (Å²) in [4.78, 5) is 41.4. The van der Waals surface area contributed by atoms with Crippen molar-refractivity contribution in [3.8, 4) is 11.5 Å². The number of hydrogen-bond acceptors (Lipinski definition) is 8. The molecule has 0 aliphatic carbocycles. The maximum Gasteiger partial charge on any atom is 0.417 e. The van der Waals surface area contributed by atoms with Crippen molar-refractivity contribution in [2.24, 2.45) is 0 Å². The Balaban J connectivity index is 1.39. The van der Waals surface area contributed by atoms with Gasteiger partial charge in [-0.1, -0.05) is 48.2 Å². The summed E-state index contributed by atoms with van der Waals surface area (Å²) in [6.07, 6.45) is -2.61. The summed E-state index contributed by atoms with van der Waals surface area (Å²) in [5.74, 6) is 0.332. The zero-order valence-electron chi connectivity index (χ0n) is 21.6. The minimum Gasteiger partial charge on any atom is -0.457 e. The second-order valence-electron chi connectivity index (χ2n) is 8.84. The molecule has 0 spiro atoms. The van der Waals surface area contributed by atoms with Gasteiger partial charge in [-0.2, -0.15) is 13.2 Å². The smallest absolute Gasteiger partial charge is 0.417 e. The molecule has 0 radical (unpaired) electrons. The molecule has 1 aliphatic rings. The predicted molar refractivity (Wildman–Crippen MR) is 156 cm³/mol. The van der Waals surface area contributed by atoms with Gasteiger partial charge >= 0.3 is 12.2 Å². The molecule has 1 aliphatic heterocycles. The lowest BCUT2D eigenvalue weighted by molar-refractivity contribution is -0.387. The average Bonchev–Trinajstić information content (AvgIpc) is 2.97. The van der Waals surface area contributed by atoms with E-state index in [9.17, 15) is 32.9 Å². The van der Waals surface area contributed by atoms with E-state index in [-0.39, 0.29) is 31.7 Å². The number of rotatable bonds is 7. The maximum atomic E-state index is 12.8. The van der Waals surface area contributed by atoms with E-state index in [4.69, 9.17) is 17.0 Å². The second kappa shape index (κ2) is 12.0. The van der Waals surface area contributed by atoms with Crippen molar-refractivity contribution < 1.29 is 32.4 Å². The van der Waals surface area contributed by atoms with Gasteiger partial charge in [0.2, 0.25) is 0 Å². The molecule has 43 heavy (non-hydrogen) atoms. The molecule has 1 N–H and O–H groups in total. The quantitative estimate of drug-likeness (QED) is 0.0980. The predicted octanol–water partition coefficient (Wildman–Crippen LogP) is 7.42. The number of carbonyl (C=O) groups excluding carboxylic acids is 2. The number of anilines is 1. The molecule has 3 amide bonds. The van der Waals surface area contributed by atoms with Crippen LogP contribution in [0.4, 0.5) is 29.3 Å². The Morgan fingerprint density at radius 3 is 2.30 bits per heavy atom. The van der Waals surface area contributed by atoms with Crippen LogP contribution in [-0.2, 0) is 11.0 Å². The van der Waals surface area contributed by atoms with Crippen molar-refractivity contribution >= 4 is 58.4 Å². The van der Waals surface area contributed by atoms with Crippen LogP contribution in [0, 0.1) is 10.1 Å². The first-order valence-electron chi connectivity index (χ1n) is 12.2. The first-order chi connectivity index (χ1) is 20.5. The van der Waals surface area contributed by atoms with Gasteiger partial charge in [0.15, 0.2) is 0 Å². The van der Waals surface area contributed by atoms with E-state index in [2.05, 4.69) is 10.3 Å². The minimum atomic E-state index is -4.57. The second-order valence-corrected chi connectivity index (χ2v) is 10.3. The summed E-state index contributed by atoms with van der Waals surface area (Å²) in [7, 11) is 0. The third-order valence-electron chi connectivity index (χ3n) is 5.94. The highest BCUT2D eigenvalue weighted by Gasteiger charge is 2.34. The lowest BCUT2D eigenvalue weighted by Gasteiger charge is -2.29. The normalized spacial score (nSPS) is 14.5. The number of pyridine rings is 1. The Hall–Kier alpha value is -5.08. The zero-order chi connectivity index (χ0) is 30.7. The molecule has 0 saturated carbocycles. The van der Waals surface area contributed by atoms with Crippen LogP contribution < -0.4 is 15.0 Å². The summed E-state index contributed by atoms with van der Waals surface area (Å²) in [6, 6.07) is 20.7. The molecule has 216 valence electrons. The number of alkyl halides is 3. The number of thiocarbonyl (C=S) groups is 1. The van der Waals surface area contributed by atoms with Crippen molar-refractivity contribution in [3.63, 3.8) is 0 Å². The van der Waals surface area contributed by atoms with Gasteiger partial charge < -0.3 is 4.74 Å². The number of hydrogen-bond donors (Lipinski definition) is 1. The summed E-state index contributed by atoms with van der Waals surface area (Å²) in [5.41, 5.74) is -0.824. The van der Waals surface area contributed by atoms with Gasteiger partial charge in [-0.15, -0.1) is 0 Å². The number of nitrogens with one attached hydrogen (secondary N) is 1. The van der Waals surface area contributed by atoms with Gasteiger partial charge in [0.25, 0.3) is 11.6 Å². The molecule has 1 aromatic heterocycles. The van der Waals surface area contributed by atoms with Gasteiger partial charge in [0.05, 0.1) is 26.6 Å². The number of nitrogens with zero attached hydrogens (tertiary/aromatic N) is 3. The summed E-state index contributed by atoms with van der Waals surface area (Å²) < 4.78 is 44.3. The van der Waals surface area contributed by atoms with Crippen LogP contribution in [0.15, 0.2) is 107 Å². The van der Waals surface area contributed by atoms with Crippen LogP contribution in [0.2, 0.25) is 0 Å². The number of aromatic nitrogens is 1. The van der Waals surface area contributed by atoms with Crippen molar-refractivity contribution in [2.45, 2.75) is 16.1 Å². The number of amides is 3. The highest BCUT2D eigenvalue weighted by Crippen LogP contribution is 2.37. The fraction of sp³-hybridized carbons (Fsp3) is 0.0345. The van der Waals surface area contributed by atoms with E-state index in [0.717, 1.165) is 28.8 Å². The van der Waals surface area contributed by atoms with Gasteiger partial charge in [0, 0.05) is 12.3 Å². The number of nitro groups is 1. The number of ether oxygens (including phenoxy) is 1. The average molecular weight is 623 g/mol. The molecular weight excluding hydrogens is 605 g/mol. The Kier molecular flexibility index (Phi) is 8.23. The molecule has 1 saturated heterocycles. The summed E-state index contributed by atoms with van der Waals surface area (Å²) in [6.45, 7) is 0. The molecule has 5 rings (SSSR count). The highest BCUT2D eigenvalue weighted by molar-refractivity contribution is 7.99. The Bertz CT molecular complexity index is 1760. The number of imide groups is 1. The van der Waals surface area contributed by atoms with Crippen LogP contribution in [0.1, 0.15) is 11.1 Å². The van der Waals surface area contributed by atoms with E-state index in [1.807, 2.05) is 18.2 Å². The number of nitro benzene ring substituents is 1. The van der Waals surface area contributed by atoms with Gasteiger partial charge in [-0.05, 0) is 66.2 Å². The zero-order valence-corrected chi connectivity index (χ0v) is 23.2. The Labute approximate surface area is 251 Å². The van der Waals surface area contributed by atoms with E-state index < -0.39 is 28.6 Å². The molecule has 0 bridgehead atoms. The van der Waals surface area contributed by atoms with E-state index in [1.165, 1.54) is 24.3 Å². The SMILES string of the molecule is O=C1NC(=O)N(c2ccc(Oc3ccccc3)cc2)C(=S)C1=Cc1ccc(Sc2ccc(C(F)(F)F)cn2)c([N+](=O)[O-])c1. The Morgan fingerprint density at radius 1 is 0.977 bits per heavy atom. The lowest BCUT2D eigenvalue weighted by Crippen LogP contribution is -2.53. The van der Waals surface area contributed by atoms with Crippen LogP contribution in [-0.4, -0.2) is 26.8 Å². The van der Waals surface area contributed by atoms with Crippen molar-refractivity contribution in [2.75, 3.05) is 4.90 Å². The third-order valence-corrected chi connectivity index (χ3v) is 7.36. The number of carbonyl (C=O) groups is 2. The first kappa shape index (κ1) is 29.4. The van der Waals surface area contributed by atoms with Crippen LogP contribution in [0.3, 0.4) is 0 Å². The summed E-state index contributed by atoms with van der Waals surface area (Å²) in [5, 5.41) is 14.2. The molecule has 14 heteroatoms. The molecule has 3 aromatic carbocycles. The number of urea groups is 1. The van der Waals surface area contributed by atoms with Gasteiger partial charge in [0.1, 0.15) is 21.5 Å². The standard InChI is InChI=1S/C29H17F3N4O5S2/c30-29(31,32)18-7-13-25(33-16-18)43-24-12-6-17(15-23(24)36(39)40)14-22-26(37)34-28(38)35(27(22)42)19-8-10-21(11-9-19)41-20-4-2-1-3-5-20/h1-16H,(H,34,37,38). The maximum absolute atomic E-state index is 12.8. The number of benzene rings is 3.